The van der Waals surface area contributed by atoms with Crippen LogP contribution in [0.5, 0.6) is 0 Å². The molecule has 0 spiro atoms. The lowest BCUT2D eigenvalue weighted by Crippen LogP contribution is -2.41. The molecule has 5 nitrogen and oxygen atoms in total. The Morgan fingerprint density at radius 3 is 2.44 bits per heavy atom. The van der Waals surface area contributed by atoms with E-state index in [9.17, 15) is 0 Å². The second-order valence-electron chi connectivity index (χ2n) is 7.87. The van der Waals surface area contributed by atoms with E-state index in [1.807, 2.05) is 7.05 Å². The zero-order chi connectivity index (χ0) is 16.6. The third-order valence-electron chi connectivity index (χ3n) is 5.80. The average Bonchev–Trinajstić information content (AvgIpc) is 3.39. The van der Waals surface area contributed by atoms with Crippen molar-refractivity contribution in [2.75, 3.05) is 52.9 Å². The first kappa shape index (κ1) is 21.2. The number of aliphatic imine (C=N–C) groups is 1. The maximum absolute atomic E-state index is 4.38. The van der Waals surface area contributed by atoms with E-state index >= 15 is 0 Å². The molecule has 3 aliphatic rings. The summed E-state index contributed by atoms with van der Waals surface area (Å²) in [7, 11) is 1.88. The summed E-state index contributed by atoms with van der Waals surface area (Å²) in [6, 6.07) is 0.923. The Bertz CT molecular complexity index is 391. The fourth-order valence-corrected chi connectivity index (χ4v) is 4.13. The Balaban J connectivity index is 0.00000225. The van der Waals surface area contributed by atoms with Crippen LogP contribution in [0.3, 0.4) is 0 Å². The smallest absolute Gasteiger partial charge is 0.190 e. The van der Waals surface area contributed by atoms with Gasteiger partial charge in [-0.25, -0.2) is 0 Å². The van der Waals surface area contributed by atoms with Crippen molar-refractivity contribution >= 4 is 29.9 Å². The summed E-state index contributed by atoms with van der Waals surface area (Å²) in [4.78, 5) is 9.70. The van der Waals surface area contributed by atoms with Gasteiger partial charge in [0.25, 0.3) is 0 Å². The number of halogens is 1. The van der Waals surface area contributed by atoms with Crippen molar-refractivity contribution in [3.63, 3.8) is 0 Å². The summed E-state index contributed by atoms with van der Waals surface area (Å²) < 4.78 is 0. The first-order valence-corrected chi connectivity index (χ1v) is 10.3. The minimum absolute atomic E-state index is 0. The molecule has 0 radical (unpaired) electrons. The fraction of sp³-hybridized carbons (Fsp3) is 0.947. The van der Waals surface area contributed by atoms with Crippen molar-refractivity contribution in [1.82, 2.24) is 20.4 Å². The molecule has 2 N–H and O–H groups in total. The number of guanidine groups is 1. The number of hydrogen-bond acceptors (Lipinski definition) is 3. The maximum Gasteiger partial charge on any atom is 0.190 e. The topological polar surface area (TPSA) is 42.9 Å². The van der Waals surface area contributed by atoms with Crippen LogP contribution in [0.2, 0.25) is 0 Å². The molecule has 1 unspecified atom stereocenters. The molecule has 0 aromatic carbocycles. The molecule has 2 aliphatic heterocycles. The number of hydrogen-bond donors (Lipinski definition) is 2. The van der Waals surface area contributed by atoms with Crippen molar-refractivity contribution in [2.45, 2.75) is 57.4 Å². The molecule has 2 heterocycles. The van der Waals surface area contributed by atoms with Crippen LogP contribution >= 0.6 is 24.0 Å². The summed E-state index contributed by atoms with van der Waals surface area (Å²) in [6.07, 6.45) is 11.0. The Labute approximate surface area is 171 Å². The molecule has 0 aromatic rings. The van der Waals surface area contributed by atoms with E-state index in [2.05, 4.69) is 25.4 Å². The number of likely N-dealkylation sites (tertiary alicyclic amines) is 2. The van der Waals surface area contributed by atoms with Crippen molar-refractivity contribution in [3.05, 3.63) is 0 Å². The van der Waals surface area contributed by atoms with Crippen LogP contribution in [-0.4, -0.2) is 74.7 Å². The van der Waals surface area contributed by atoms with Gasteiger partial charge in [-0.2, -0.15) is 0 Å². The second kappa shape index (κ2) is 11.6. The van der Waals surface area contributed by atoms with Gasteiger partial charge in [-0.1, -0.05) is 12.8 Å². The fourth-order valence-electron chi connectivity index (χ4n) is 4.13. The van der Waals surface area contributed by atoms with E-state index in [-0.39, 0.29) is 24.0 Å². The lowest BCUT2D eigenvalue weighted by Gasteiger charge is -2.20. The molecule has 3 rings (SSSR count). The van der Waals surface area contributed by atoms with E-state index in [1.165, 1.54) is 84.1 Å². The Morgan fingerprint density at radius 2 is 1.76 bits per heavy atom. The van der Waals surface area contributed by atoms with Crippen molar-refractivity contribution in [1.29, 1.82) is 0 Å². The van der Waals surface area contributed by atoms with Gasteiger partial charge >= 0.3 is 0 Å². The second-order valence-corrected chi connectivity index (χ2v) is 7.87. The predicted molar refractivity (Wildman–Crippen MR) is 117 cm³/mol. The Morgan fingerprint density at radius 1 is 1.00 bits per heavy atom. The van der Waals surface area contributed by atoms with Crippen LogP contribution in [0.4, 0.5) is 0 Å². The molecule has 6 heteroatoms. The minimum Gasteiger partial charge on any atom is -0.356 e. The quantitative estimate of drug-likeness (QED) is 0.264. The third-order valence-corrected chi connectivity index (χ3v) is 5.80. The first-order valence-electron chi connectivity index (χ1n) is 10.3. The van der Waals surface area contributed by atoms with Gasteiger partial charge in [-0.15, -0.1) is 24.0 Å². The van der Waals surface area contributed by atoms with Gasteiger partial charge in [0.1, 0.15) is 0 Å². The number of rotatable bonds is 7. The van der Waals surface area contributed by atoms with Gasteiger partial charge in [0.15, 0.2) is 5.96 Å². The van der Waals surface area contributed by atoms with Gasteiger partial charge in [-0.3, -0.25) is 4.99 Å². The summed E-state index contributed by atoms with van der Waals surface area (Å²) >= 11 is 0. The minimum atomic E-state index is 0. The molecule has 1 atom stereocenters. The molecular weight excluding hydrogens is 425 g/mol. The number of nitrogens with zero attached hydrogens (tertiary/aromatic N) is 3. The van der Waals surface area contributed by atoms with E-state index in [0.29, 0.717) is 0 Å². The van der Waals surface area contributed by atoms with E-state index in [1.54, 1.807) is 0 Å². The Kier molecular flexibility index (Phi) is 9.84. The largest absolute Gasteiger partial charge is 0.356 e. The summed E-state index contributed by atoms with van der Waals surface area (Å²) in [5.41, 5.74) is 0. The average molecular weight is 463 g/mol. The molecule has 0 aromatic heterocycles. The van der Waals surface area contributed by atoms with Crippen molar-refractivity contribution < 1.29 is 0 Å². The van der Waals surface area contributed by atoms with Crippen LogP contribution in [0.15, 0.2) is 4.99 Å². The third kappa shape index (κ3) is 7.59. The van der Waals surface area contributed by atoms with Crippen LogP contribution in [-0.2, 0) is 0 Å². The summed E-state index contributed by atoms with van der Waals surface area (Å²) in [6.45, 7) is 8.49. The van der Waals surface area contributed by atoms with Crippen LogP contribution in [0, 0.1) is 5.92 Å². The lowest BCUT2D eigenvalue weighted by molar-refractivity contribution is 0.282. The van der Waals surface area contributed by atoms with Gasteiger partial charge in [0.2, 0.25) is 0 Å². The van der Waals surface area contributed by atoms with Crippen LogP contribution < -0.4 is 10.6 Å². The van der Waals surface area contributed by atoms with Crippen molar-refractivity contribution in [3.8, 4) is 0 Å². The number of nitrogens with one attached hydrogen (secondary N) is 2. The van der Waals surface area contributed by atoms with Gasteiger partial charge in [0, 0.05) is 32.7 Å². The molecule has 146 valence electrons. The maximum atomic E-state index is 4.38. The molecule has 3 fully saturated rings. The molecular formula is C19H38IN5. The van der Waals surface area contributed by atoms with Crippen LogP contribution in [0.1, 0.15) is 51.4 Å². The standard InChI is InChI=1S/C19H37N5.HI/c1-20-19(21-10-6-13-23-11-4-2-3-5-12-23)22-15-17-9-14-24(16-17)18-7-8-18;/h17-18H,2-16H2,1H3,(H2,20,21,22);1H. The molecule has 0 bridgehead atoms. The highest BCUT2D eigenvalue weighted by molar-refractivity contribution is 14.0. The first-order chi connectivity index (χ1) is 11.8. The molecule has 25 heavy (non-hydrogen) atoms. The summed E-state index contributed by atoms with van der Waals surface area (Å²) in [5, 5.41) is 7.03. The zero-order valence-corrected chi connectivity index (χ0v) is 18.3. The normalized spacial score (nSPS) is 26.1. The molecule has 1 saturated carbocycles. The van der Waals surface area contributed by atoms with Gasteiger partial charge in [-0.05, 0) is 70.6 Å². The monoisotopic (exact) mass is 463 g/mol. The highest BCUT2D eigenvalue weighted by atomic mass is 127. The summed E-state index contributed by atoms with van der Waals surface area (Å²) in [5.74, 6) is 1.77. The predicted octanol–water partition coefficient (Wildman–Crippen LogP) is 2.52. The zero-order valence-electron chi connectivity index (χ0n) is 16.0. The van der Waals surface area contributed by atoms with Crippen molar-refractivity contribution in [2.24, 2.45) is 10.9 Å². The molecule has 1 aliphatic carbocycles. The van der Waals surface area contributed by atoms with E-state index in [0.717, 1.165) is 31.0 Å². The Hall–Kier alpha value is -0.0800. The SMILES string of the molecule is CN=C(NCCCN1CCCCCC1)NCC1CCN(C2CC2)C1.I. The van der Waals surface area contributed by atoms with E-state index in [4.69, 9.17) is 0 Å². The molecule has 2 saturated heterocycles. The highest BCUT2D eigenvalue weighted by Gasteiger charge is 2.34. The van der Waals surface area contributed by atoms with Crippen LogP contribution in [0.25, 0.3) is 0 Å². The van der Waals surface area contributed by atoms with Gasteiger partial charge < -0.3 is 20.4 Å². The molecule has 0 amide bonds. The highest BCUT2D eigenvalue weighted by Crippen LogP contribution is 2.31. The lowest BCUT2D eigenvalue weighted by atomic mass is 10.1. The van der Waals surface area contributed by atoms with E-state index < -0.39 is 0 Å². The van der Waals surface area contributed by atoms with Gasteiger partial charge in [0.05, 0.1) is 0 Å².